The zero-order valence-electron chi connectivity index (χ0n) is 9.31. The highest BCUT2D eigenvalue weighted by atomic mass is 19.4. The van der Waals surface area contributed by atoms with E-state index in [4.69, 9.17) is 5.41 Å². The van der Waals surface area contributed by atoms with Crippen LogP contribution in [0.3, 0.4) is 0 Å². The third kappa shape index (κ3) is 3.62. The van der Waals surface area contributed by atoms with E-state index in [9.17, 15) is 13.2 Å². The van der Waals surface area contributed by atoms with Crippen LogP contribution in [0, 0.1) is 5.41 Å². The molecule has 1 aromatic rings. The lowest BCUT2D eigenvalue weighted by molar-refractivity contribution is -0.0578. The number of alkyl halides is 3. The highest BCUT2D eigenvalue weighted by molar-refractivity contribution is 6.24. The van der Waals surface area contributed by atoms with Crippen molar-refractivity contribution in [2.45, 2.75) is 13.1 Å². The third-order valence-corrected chi connectivity index (χ3v) is 2.09. The number of hydrogen-bond donors (Lipinski definition) is 2. The quantitative estimate of drug-likeness (QED) is 0.781. The van der Waals surface area contributed by atoms with Gasteiger partial charge in [0.1, 0.15) is 5.71 Å². The largest absolute Gasteiger partial charge is 0.433 e. The number of halogens is 3. The molecule has 0 bridgehead atoms. The summed E-state index contributed by atoms with van der Waals surface area (Å²) in [5.41, 5.74) is -1.12. The molecule has 92 valence electrons. The Labute approximate surface area is 97.7 Å². The Hall–Kier alpha value is -1.78. The van der Waals surface area contributed by atoms with Gasteiger partial charge in [0.15, 0.2) is 0 Å². The van der Waals surface area contributed by atoms with Gasteiger partial charge in [-0.15, -0.1) is 0 Å². The first-order valence-electron chi connectivity index (χ1n) is 5.12. The summed E-state index contributed by atoms with van der Waals surface area (Å²) in [5.74, 6) is 0. The molecule has 0 amide bonds. The molecule has 5 heteroatoms. The van der Waals surface area contributed by atoms with E-state index in [1.807, 2.05) is 0 Å². The molecule has 1 aromatic carbocycles. The second-order valence-corrected chi connectivity index (χ2v) is 3.35. The Morgan fingerprint density at radius 3 is 2.35 bits per heavy atom. The third-order valence-electron chi connectivity index (χ3n) is 2.09. The fraction of sp³-hybridized carbons (Fsp3) is 0.250. The SMILES string of the molecule is CCN/C=C(\C(=N)C(F)(F)F)c1ccccc1. The summed E-state index contributed by atoms with van der Waals surface area (Å²) < 4.78 is 37.6. The van der Waals surface area contributed by atoms with Crippen LogP contribution in [0.25, 0.3) is 5.57 Å². The van der Waals surface area contributed by atoms with E-state index in [0.29, 0.717) is 12.1 Å². The number of hydrogen-bond acceptors (Lipinski definition) is 2. The Kier molecular flexibility index (Phi) is 4.31. The topological polar surface area (TPSA) is 35.9 Å². The number of nitrogens with one attached hydrogen (secondary N) is 2. The maximum atomic E-state index is 12.5. The van der Waals surface area contributed by atoms with Crippen LogP contribution in [0.4, 0.5) is 13.2 Å². The summed E-state index contributed by atoms with van der Waals surface area (Å²) in [5, 5.41) is 9.88. The van der Waals surface area contributed by atoms with E-state index < -0.39 is 11.9 Å². The molecule has 0 aromatic heterocycles. The highest BCUT2D eigenvalue weighted by Gasteiger charge is 2.36. The van der Waals surface area contributed by atoms with Gasteiger partial charge >= 0.3 is 6.18 Å². The van der Waals surface area contributed by atoms with Crippen molar-refractivity contribution >= 4 is 11.3 Å². The Balaban J connectivity index is 3.10. The molecule has 0 aliphatic heterocycles. The predicted octanol–water partition coefficient (Wildman–Crippen LogP) is 3.22. The minimum atomic E-state index is -4.64. The van der Waals surface area contributed by atoms with Crippen molar-refractivity contribution in [1.82, 2.24) is 5.32 Å². The van der Waals surface area contributed by atoms with E-state index in [2.05, 4.69) is 5.32 Å². The first-order valence-corrected chi connectivity index (χ1v) is 5.12. The lowest BCUT2D eigenvalue weighted by Crippen LogP contribution is -2.24. The molecular weight excluding hydrogens is 229 g/mol. The van der Waals surface area contributed by atoms with Crippen molar-refractivity contribution in [3.8, 4) is 0 Å². The molecule has 0 heterocycles. The normalized spacial score (nSPS) is 12.4. The van der Waals surface area contributed by atoms with E-state index in [0.717, 1.165) is 0 Å². The molecule has 2 N–H and O–H groups in total. The molecule has 2 nitrogen and oxygen atoms in total. The van der Waals surface area contributed by atoms with Crippen molar-refractivity contribution in [2.75, 3.05) is 6.54 Å². The minimum Gasteiger partial charge on any atom is -0.391 e. The van der Waals surface area contributed by atoms with Crippen LogP contribution in [0.15, 0.2) is 36.5 Å². The zero-order valence-corrected chi connectivity index (χ0v) is 9.31. The average molecular weight is 242 g/mol. The fourth-order valence-electron chi connectivity index (χ4n) is 1.27. The molecule has 0 aliphatic carbocycles. The van der Waals surface area contributed by atoms with Crippen molar-refractivity contribution in [3.05, 3.63) is 42.1 Å². The van der Waals surface area contributed by atoms with Gasteiger partial charge in [-0.1, -0.05) is 30.3 Å². The van der Waals surface area contributed by atoms with Crippen LogP contribution in [0.5, 0.6) is 0 Å². The number of allylic oxidation sites excluding steroid dienone is 1. The molecule has 1 rings (SSSR count). The molecule has 0 spiro atoms. The van der Waals surface area contributed by atoms with Gasteiger partial charge in [0.05, 0.1) is 0 Å². The molecule has 0 unspecified atom stereocenters. The smallest absolute Gasteiger partial charge is 0.391 e. The number of benzene rings is 1. The van der Waals surface area contributed by atoms with Crippen LogP contribution in [-0.2, 0) is 0 Å². The van der Waals surface area contributed by atoms with Crippen molar-refractivity contribution in [2.24, 2.45) is 0 Å². The van der Waals surface area contributed by atoms with Crippen LogP contribution in [0.2, 0.25) is 0 Å². The first-order chi connectivity index (χ1) is 7.96. The van der Waals surface area contributed by atoms with Crippen LogP contribution >= 0.6 is 0 Å². The minimum absolute atomic E-state index is 0.153. The highest BCUT2D eigenvalue weighted by Crippen LogP contribution is 2.26. The van der Waals surface area contributed by atoms with Gasteiger partial charge in [-0.05, 0) is 12.5 Å². The summed E-state index contributed by atoms with van der Waals surface area (Å²) in [4.78, 5) is 0. The second kappa shape index (κ2) is 5.52. The maximum absolute atomic E-state index is 12.5. The number of rotatable bonds is 4. The Morgan fingerprint density at radius 2 is 1.88 bits per heavy atom. The van der Waals surface area contributed by atoms with Crippen LogP contribution in [-0.4, -0.2) is 18.4 Å². The van der Waals surface area contributed by atoms with Crippen LogP contribution in [0.1, 0.15) is 12.5 Å². The van der Waals surface area contributed by atoms with Gasteiger partial charge in [-0.25, -0.2) is 0 Å². The lowest BCUT2D eigenvalue weighted by Gasteiger charge is -2.13. The molecule has 17 heavy (non-hydrogen) atoms. The average Bonchev–Trinajstić information content (AvgIpc) is 2.29. The molecule has 0 saturated carbocycles. The van der Waals surface area contributed by atoms with Crippen LogP contribution < -0.4 is 5.32 Å². The standard InChI is InChI=1S/C12H13F3N2/c1-2-17-8-10(11(16)12(13,14)15)9-6-4-3-5-7-9/h3-8,16-17H,2H2,1H3/b10-8-,16-11?. The molecule has 0 saturated heterocycles. The van der Waals surface area contributed by atoms with Gasteiger partial charge < -0.3 is 5.32 Å². The molecule has 0 atom stereocenters. The molecule has 0 radical (unpaired) electrons. The van der Waals surface area contributed by atoms with E-state index in [-0.39, 0.29) is 5.57 Å². The van der Waals surface area contributed by atoms with Gasteiger partial charge in [0.25, 0.3) is 0 Å². The van der Waals surface area contributed by atoms with Crippen molar-refractivity contribution in [1.29, 1.82) is 5.41 Å². The Bertz CT molecular complexity index is 408. The molecule has 0 fully saturated rings. The zero-order chi connectivity index (χ0) is 12.9. The van der Waals surface area contributed by atoms with E-state index >= 15 is 0 Å². The van der Waals surface area contributed by atoms with Gasteiger partial charge in [-0.3, -0.25) is 5.41 Å². The van der Waals surface area contributed by atoms with Crippen molar-refractivity contribution in [3.63, 3.8) is 0 Å². The van der Waals surface area contributed by atoms with Gasteiger partial charge in [0.2, 0.25) is 0 Å². The molecule has 0 aliphatic rings. The fourth-order valence-corrected chi connectivity index (χ4v) is 1.27. The predicted molar refractivity (Wildman–Crippen MR) is 61.9 cm³/mol. The molecular formula is C12H13F3N2. The summed E-state index contributed by atoms with van der Waals surface area (Å²) in [6, 6.07) is 8.08. The second-order valence-electron chi connectivity index (χ2n) is 3.35. The Morgan fingerprint density at radius 1 is 1.29 bits per heavy atom. The van der Waals surface area contributed by atoms with Crippen molar-refractivity contribution < 1.29 is 13.2 Å². The van der Waals surface area contributed by atoms with E-state index in [1.165, 1.54) is 6.20 Å². The monoisotopic (exact) mass is 242 g/mol. The first kappa shape index (κ1) is 13.3. The lowest BCUT2D eigenvalue weighted by atomic mass is 10.0. The van der Waals surface area contributed by atoms with Gasteiger partial charge in [-0.2, -0.15) is 13.2 Å². The maximum Gasteiger partial charge on any atom is 0.433 e. The van der Waals surface area contributed by atoms with E-state index in [1.54, 1.807) is 37.3 Å². The summed E-state index contributed by atoms with van der Waals surface area (Å²) in [7, 11) is 0. The summed E-state index contributed by atoms with van der Waals surface area (Å²) >= 11 is 0. The summed E-state index contributed by atoms with van der Waals surface area (Å²) in [6.45, 7) is 2.28. The summed E-state index contributed by atoms with van der Waals surface area (Å²) in [6.07, 6.45) is -3.41. The van der Waals surface area contributed by atoms with Gasteiger partial charge in [0, 0.05) is 18.3 Å².